The highest BCUT2D eigenvalue weighted by molar-refractivity contribution is 4.71. The summed E-state index contributed by atoms with van der Waals surface area (Å²) < 4.78 is 0. The molecule has 1 aliphatic rings. The van der Waals surface area contributed by atoms with E-state index in [-0.39, 0.29) is 0 Å². The Bertz CT molecular complexity index is 68.1. The van der Waals surface area contributed by atoms with Gasteiger partial charge in [0.15, 0.2) is 0 Å². The summed E-state index contributed by atoms with van der Waals surface area (Å²) in [5.41, 5.74) is 0. The molecule has 0 nitrogen and oxygen atoms in total. The predicted octanol–water partition coefficient (Wildman–Crippen LogP) is 2.91. The van der Waals surface area contributed by atoms with Crippen LogP contribution in [0.3, 0.4) is 0 Å². The molecule has 0 aromatic carbocycles. The summed E-state index contributed by atoms with van der Waals surface area (Å²) >= 11 is 0. The van der Waals surface area contributed by atoms with Crippen LogP contribution in [-0.2, 0) is 0 Å². The van der Waals surface area contributed by atoms with Crippen LogP contribution in [0.2, 0.25) is 0 Å². The van der Waals surface area contributed by atoms with Gasteiger partial charge in [-0.3, -0.25) is 0 Å². The minimum Gasteiger partial charge on any atom is -0.0620 e. The summed E-state index contributed by atoms with van der Waals surface area (Å²) in [6.45, 7) is 7.90. The van der Waals surface area contributed by atoms with E-state index in [1.807, 2.05) is 0 Å². The van der Waals surface area contributed by atoms with E-state index in [4.69, 9.17) is 6.92 Å². The van der Waals surface area contributed by atoms with Gasteiger partial charge in [-0.25, -0.2) is 0 Å². The van der Waals surface area contributed by atoms with Gasteiger partial charge >= 0.3 is 0 Å². The van der Waals surface area contributed by atoms with Crippen LogP contribution < -0.4 is 0 Å². The first-order chi connectivity index (χ1) is 4.30. The van der Waals surface area contributed by atoms with Crippen molar-refractivity contribution in [3.63, 3.8) is 0 Å². The zero-order chi connectivity index (χ0) is 6.69. The Morgan fingerprint density at radius 2 is 1.78 bits per heavy atom. The monoisotopic (exact) mass is 124 g/mol. The lowest BCUT2D eigenvalue weighted by molar-refractivity contribution is 0.298. The molecule has 1 unspecified atom stereocenters. The highest BCUT2D eigenvalue weighted by Crippen LogP contribution is 2.28. The normalized spacial score (nSPS) is 23.0. The molecular formula is C9H16. The first kappa shape index (κ1) is 7.11. The van der Waals surface area contributed by atoms with Gasteiger partial charge in [0.1, 0.15) is 0 Å². The van der Waals surface area contributed by atoms with Crippen molar-refractivity contribution in [3.05, 3.63) is 6.92 Å². The topological polar surface area (TPSA) is 0 Å². The summed E-state index contributed by atoms with van der Waals surface area (Å²) in [4.78, 5) is 0. The molecule has 52 valence electrons. The molecular weight excluding hydrogens is 108 g/mol. The predicted molar refractivity (Wildman–Crippen MR) is 40.0 cm³/mol. The number of hydrogen-bond donors (Lipinski definition) is 0. The van der Waals surface area contributed by atoms with Crippen molar-refractivity contribution in [2.45, 2.75) is 39.0 Å². The fourth-order valence-corrected chi connectivity index (χ4v) is 1.66. The zero-order valence-electron chi connectivity index (χ0n) is 6.27. The summed E-state index contributed by atoms with van der Waals surface area (Å²) in [6, 6.07) is 0. The van der Waals surface area contributed by atoms with Crippen molar-refractivity contribution in [2.24, 2.45) is 11.8 Å². The molecule has 0 bridgehead atoms. The average Bonchev–Trinajstić information content (AvgIpc) is 1.90. The minimum absolute atomic E-state index is 0.435. The Kier molecular flexibility index (Phi) is 2.56. The first-order valence-corrected chi connectivity index (χ1v) is 4.06. The van der Waals surface area contributed by atoms with Crippen molar-refractivity contribution in [1.29, 1.82) is 0 Å². The third-order valence-electron chi connectivity index (χ3n) is 2.39. The Hall–Kier alpha value is 0. The van der Waals surface area contributed by atoms with Crippen molar-refractivity contribution in [3.8, 4) is 0 Å². The van der Waals surface area contributed by atoms with E-state index in [9.17, 15) is 0 Å². The van der Waals surface area contributed by atoms with Gasteiger partial charge in [-0.15, -0.1) is 0 Å². The molecule has 0 aromatic heterocycles. The number of rotatable bonds is 1. The van der Waals surface area contributed by atoms with E-state index in [0.29, 0.717) is 5.92 Å². The van der Waals surface area contributed by atoms with Crippen LogP contribution in [-0.4, -0.2) is 0 Å². The molecule has 1 atom stereocenters. The van der Waals surface area contributed by atoms with Gasteiger partial charge in [0.05, 0.1) is 0 Å². The molecule has 1 fully saturated rings. The molecule has 0 spiro atoms. The first-order valence-electron chi connectivity index (χ1n) is 4.06. The molecule has 1 rings (SSSR count). The molecule has 0 N–H and O–H groups in total. The highest BCUT2D eigenvalue weighted by Gasteiger charge is 2.15. The van der Waals surface area contributed by atoms with E-state index in [1.54, 1.807) is 0 Å². The lowest BCUT2D eigenvalue weighted by Gasteiger charge is -2.24. The Labute approximate surface area is 58.7 Å². The summed E-state index contributed by atoms with van der Waals surface area (Å²) in [5, 5.41) is 0. The Morgan fingerprint density at radius 3 is 2.11 bits per heavy atom. The molecule has 0 saturated heterocycles. The molecule has 0 heteroatoms. The second kappa shape index (κ2) is 3.24. The van der Waals surface area contributed by atoms with Gasteiger partial charge in [-0.05, 0) is 18.8 Å². The van der Waals surface area contributed by atoms with E-state index < -0.39 is 0 Å². The van der Waals surface area contributed by atoms with Gasteiger partial charge in [0.25, 0.3) is 0 Å². The maximum absolute atomic E-state index is 5.77. The van der Waals surface area contributed by atoms with Crippen LogP contribution in [0.15, 0.2) is 0 Å². The third-order valence-corrected chi connectivity index (χ3v) is 2.39. The lowest BCUT2D eigenvalue weighted by atomic mass is 9.82. The third kappa shape index (κ3) is 2.00. The zero-order valence-corrected chi connectivity index (χ0v) is 6.27. The maximum Gasteiger partial charge on any atom is -0.0318 e. The van der Waals surface area contributed by atoms with Crippen LogP contribution in [0.25, 0.3) is 0 Å². The average molecular weight is 124 g/mol. The second-order valence-electron chi connectivity index (χ2n) is 3.26. The molecule has 2 radical (unpaired) electrons. The fourth-order valence-electron chi connectivity index (χ4n) is 1.66. The molecule has 1 aliphatic carbocycles. The van der Waals surface area contributed by atoms with Crippen LogP contribution in [0.5, 0.6) is 0 Å². The Balaban J connectivity index is 2.23. The van der Waals surface area contributed by atoms with E-state index in [1.165, 1.54) is 32.1 Å². The van der Waals surface area contributed by atoms with Gasteiger partial charge in [0, 0.05) is 0 Å². The minimum atomic E-state index is 0.435. The number of hydrogen-bond acceptors (Lipinski definition) is 0. The fraction of sp³-hybridized carbons (Fsp3) is 0.889. The van der Waals surface area contributed by atoms with Gasteiger partial charge in [-0.2, -0.15) is 0 Å². The highest BCUT2D eigenvalue weighted by atomic mass is 14.2. The van der Waals surface area contributed by atoms with Crippen molar-refractivity contribution in [2.75, 3.05) is 0 Å². The molecule has 1 saturated carbocycles. The molecule has 0 amide bonds. The van der Waals surface area contributed by atoms with Crippen LogP contribution in [0.4, 0.5) is 0 Å². The van der Waals surface area contributed by atoms with Crippen molar-refractivity contribution < 1.29 is 0 Å². The van der Waals surface area contributed by atoms with Crippen LogP contribution in [0.1, 0.15) is 39.0 Å². The largest absolute Gasteiger partial charge is 0.0620 e. The lowest BCUT2D eigenvalue weighted by Crippen LogP contribution is -2.12. The van der Waals surface area contributed by atoms with Crippen LogP contribution in [0, 0.1) is 18.8 Å². The summed E-state index contributed by atoms with van der Waals surface area (Å²) in [5.74, 6) is 1.27. The SMILES string of the molecule is [CH]C(C)C1CCCCC1. The molecule has 9 heavy (non-hydrogen) atoms. The molecule has 0 aromatic rings. The smallest absolute Gasteiger partial charge is 0.0318 e. The molecule has 0 aliphatic heterocycles. The van der Waals surface area contributed by atoms with Crippen LogP contribution >= 0.6 is 0 Å². The van der Waals surface area contributed by atoms with Gasteiger partial charge in [0.2, 0.25) is 0 Å². The second-order valence-corrected chi connectivity index (χ2v) is 3.26. The van der Waals surface area contributed by atoms with E-state index in [0.717, 1.165) is 5.92 Å². The summed E-state index contributed by atoms with van der Waals surface area (Å²) in [6.07, 6.45) is 7.00. The summed E-state index contributed by atoms with van der Waals surface area (Å²) in [7, 11) is 0. The van der Waals surface area contributed by atoms with Gasteiger partial charge in [-0.1, -0.05) is 39.0 Å². The van der Waals surface area contributed by atoms with Crippen molar-refractivity contribution >= 4 is 0 Å². The van der Waals surface area contributed by atoms with Crippen molar-refractivity contribution in [1.82, 2.24) is 0 Å². The molecule has 0 heterocycles. The van der Waals surface area contributed by atoms with E-state index in [2.05, 4.69) is 6.92 Å². The quantitative estimate of drug-likeness (QED) is 0.504. The standard InChI is InChI=1S/C9H16/c1-8(2)9-6-4-3-5-7-9/h1,8-9H,3-7H2,2H3. The maximum atomic E-state index is 5.77. The van der Waals surface area contributed by atoms with Gasteiger partial charge < -0.3 is 0 Å². The Morgan fingerprint density at radius 1 is 1.22 bits per heavy atom. The van der Waals surface area contributed by atoms with E-state index >= 15 is 0 Å².